The predicted molar refractivity (Wildman–Crippen MR) is 112 cm³/mol. The Balaban J connectivity index is 1.78. The molecule has 7 heteroatoms. The summed E-state index contributed by atoms with van der Waals surface area (Å²) in [6.07, 6.45) is 3.38. The molecule has 2 aliphatic rings. The van der Waals surface area contributed by atoms with Gasteiger partial charge in [0.25, 0.3) is 0 Å². The van der Waals surface area contributed by atoms with Gasteiger partial charge < -0.3 is 10.2 Å². The second-order valence-electron chi connectivity index (χ2n) is 7.43. The molecule has 2 heterocycles. The SMILES string of the molecule is C[C@@H]1CCC[C@@H](C)N1C(=O)CSC1=C(C#N)[C@H](c2ccc(Cl)cc2)CC(=O)N1. The quantitative estimate of drug-likeness (QED) is 0.796. The van der Waals surface area contributed by atoms with Gasteiger partial charge >= 0.3 is 0 Å². The Bertz CT molecular complexity index is 821. The van der Waals surface area contributed by atoms with Gasteiger partial charge in [-0.05, 0) is 50.8 Å². The third kappa shape index (κ3) is 4.53. The molecule has 0 saturated carbocycles. The van der Waals surface area contributed by atoms with E-state index in [0.717, 1.165) is 24.8 Å². The number of carbonyl (C=O) groups excluding carboxylic acids is 2. The molecule has 0 aliphatic carbocycles. The monoisotopic (exact) mass is 417 g/mol. The van der Waals surface area contributed by atoms with E-state index in [0.29, 0.717) is 15.6 Å². The molecule has 3 atom stereocenters. The van der Waals surface area contributed by atoms with Crippen LogP contribution in [0.5, 0.6) is 0 Å². The third-order valence-electron chi connectivity index (χ3n) is 5.45. The fourth-order valence-corrected chi connectivity index (χ4v) is 5.11. The van der Waals surface area contributed by atoms with Gasteiger partial charge in [0.2, 0.25) is 11.8 Å². The first-order chi connectivity index (χ1) is 13.4. The molecule has 1 aromatic rings. The minimum Gasteiger partial charge on any atom is -0.337 e. The van der Waals surface area contributed by atoms with Crippen LogP contribution >= 0.6 is 23.4 Å². The lowest BCUT2D eigenvalue weighted by molar-refractivity contribution is -0.134. The molecule has 28 heavy (non-hydrogen) atoms. The van der Waals surface area contributed by atoms with Crippen LogP contribution in [0.4, 0.5) is 0 Å². The van der Waals surface area contributed by atoms with E-state index in [1.165, 1.54) is 11.8 Å². The van der Waals surface area contributed by atoms with Crippen LogP contribution in [0.3, 0.4) is 0 Å². The predicted octanol–water partition coefficient (Wildman–Crippen LogP) is 4.20. The van der Waals surface area contributed by atoms with Crippen molar-refractivity contribution in [2.24, 2.45) is 0 Å². The third-order valence-corrected chi connectivity index (χ3v) is 6.70. The second-order valence-corrected chi connectivity index (χ2v) is 8.85. The molecule has 5 nitrogen and oxygen atoms in total. The van der Waals surface area contributed by atoms with E-state index >= 15 is 0 Å². The standard InChI is InChI=1S/C21H24ClN3O2S/c1-13-4-3-5-14(2)25(13)20(27)12-28-21-18(11-23)17(10-19(26)24-21)15-6-8-16(22)9-7-15/h6-9,13-14,17H,3-5,10,12H2,1-2H3,(H,24,26)/t13-,14-,17+/m1/s1. The average Bonchev–Trinajstić information content (AvgIpc) is 2.66. The Kier molecular flexibility index (Phi) is 6.69. The summed E-state index contributed by atoms with van der Waals surface area (Å²) in [6.45, 7) is 4.16. The topological polar surface area (TPSA) is 73.2 Å². The van der Waals surface area contributed by atoms with Gasteiger partial charge in [-0.3, -0.25) is 9.59 Å². The van der Waals surface area contributed by atoms with Crippen molar-refractivity contribution in [1.29, 1.82) is 5.26 Å². The van der Waals surface area contributed by atoms with Gasteiger partial charge in [-0.25, -0.2) is 0 Å². The van der Waals surface area contributed by atoms with Crippen LogP contribution in [-0.4, -0.2) is 34.6 Å². The smallest absolute Gasteiger partial charge is 0.233 e. The fraction of sp³-hybridized carbons (Fsp3) is 0.476. The molecule has 148 valence electrons. The number of piperidine rings is 1. The maximum absolute atomic E-state index is 12.8. The van der Waals surface area contributed by atoms with Gasteiger partial charge in [0.05, 0.1) is 22.4 Å². The number of nitrogens with zero attached hydrogens (tertiary/aromatic N) is 2. The van der Waals surface area contributed by atoms with Crippen LogP contribution in [0.2, 0.25) is 5.02 Å². The highest BCUT2D eigenvalue weighted by Gasteiger charge is 2.32. The van der Waals surface area contributed by atoms with Gasteiger partial charge in [0, 0.05) is 29.4 Å². The number of carbonyl (C=O) groups is 2. The van der Waals surface area contributed by atoms with Gasteiger partial charge in [0.15, 0.2) is 0 Å². The minimum absolute atomic E-state index is 0.0531. The van der Waals surface area contributed by atoms with Crippen LogP contribution in [-0.2, 0) is 9.59 Å². The molecule has 0 spiro atoms. The summed E-state index contributed by atoms with van der Waals surface area (Å²) in [6, 6.07) is 9.89. The Labute approximate surface area is 175 Å². The molecule has 3 rings (SSSR count). The zero-order valence-corrected chi connectivity index (χ0v) is 17.6. The number of halogens is 1. The minimum atomic E-state index is -0.318. The lowest BCUT2D eigenvalue weighted by Crippen LogP contribution is -2.48. The average molecular weight is 418 g/mol. The van der Waals surface area contributed by atoms with Gasteiger partial charge in [-0.1, -0.05) is 35.5 Å². The molecule has 1 saturated heterocycles. The summed E-state index contributed by atoms with van der Waals surface area (Å²) in [5.74, 6) is -0.199. The molecule has 0 radical (unpaired) electrons. The number of likely N-dealkylation sites (tertiary alicyclic amines) is 1. The highest BCUT2D eigenvalue weighted by atomic mass is 35.5. The molecular weight excluding hydrogens is 394 g/mol. The van der Waals surface area contributed by atoms with Gasteiger partial charge in [-0.2, -0.15) is 5.26 Å². The van der Waals surface area contributed by atoms with Crippen LogP contribution in [0.15, 0.2) is 34.9 Å². The summed E-state index contributed by atoms with van der Waals surface area (Å²) in [5.41, 5.74) is 1.37. The van der Waals surface area contributed by atoms with Crippen LogP contribution in [0, 0.1) is 11.3 Å². The molecule has 1 N–H and O–H groups in total. The molecule has 2 aliphatic heterocycles. The summed E-state index contributed by atoms with van der Waals surface area (Å²) in [4.78, 5) is 27.0. The van der Waals surface area contributed by atoms with Crippen molar-refractivity contribution in [3.63, 3.8) is 0 Å². The Morgan fingerprint density at radius 1 is 1.29 bits per heavy atom. The normalized spacial score (nSPS) is 25.3. The Morgan fingerprint density at radius 3 is 2.54 bits per heavy atom. The molecule has 1 fully saturated rings. The largest absolute Gasteiger partial charge is 0.337 e. The van der Waals surface area contributed by atoms with E-state index in [-0.39, 0.29) is 42.0 Å². The van der Waals surface area contributed by atoms with E-state index in [1.807, 2.05) is 17.0 Å². The van der Waals surface area contributed by atoms with Crippen LogP contribution in [0.1, 0.15) is 51.0 Å². The summed E-state index contributed by atoms with van der Waals surface area (Å²) < 4.78 is 0. The van der Waals surface area contributed by atoms with Crippen molar-refractivity contribution in [3.8, 4) is 6.07 Å². The number of amides is 2. The second kappa shape index (κ2) is 9.02. The first-order valence-electron chi connectivity index (χ1n) is 9.54. The number of hydrogen-bond donors (Lipinski definition) is 1. The number of benzene rings is 1. The van der Waals surface area contributed by atoms with Gasteiger partial charge in [-0.15, -0.1) is 0 Å². The number of allylic oxidation sites excluding steroid dienone is 1. The molecule has 0 unspecified atom stereocenters. The number of rotatable bonds is 4. The van der Waals surface area contributed by atoms with Crippen LogP contribution in [0.25, 0.3) is 0 Å². The van der Waals surface area contributed by atoms with E-state index in [4.69, 9.17) is 11.6 Å². The number of nitrogens with one attached hydrogen (secondary N) is 1. The van der Waals surface area contributed by atoms with E-state index < -0.39 is 0 Å². The molecule has 2 amide bonds. The zero-order chi connectivity index (χ0) is 20.3. The summed E-state index contributed by atoms with van der Waals surface area (Å²) in [5, 5.41) is 13.6. The molecular formula is C21H24ClN3O2S. The lowest BCUT2D eigenvalue weighted by Gasteiger charge is -2.39. The van der Waals surface area contributed by atoms with Gasteiger partial charge in [0.1, 0.15) is 0 Å². The van der Waals surface area contributed by atoms with Crippen molar-refractivity contribution in [3.05, 3.63) is 45.5 Å². The first kappa shape index (κ1) is 20.8. The highest BCUT2D eigenvalue weighted by molar-refractivity contribution is 8.03. The summed E-state index contributed by atoms with van der Waals surface area (Å²) >= 11 is 7.21. The van der Waals surface area contributed by atoms with Crippen LogP contribution < -0.4 is 5.32 Å². The number of thioether (sulfide) groups is 1. The molecule has 0 bridgehead atoms. The maximum atomic E-state index is 12.8. The molecule has 1 aromatic carbocycles. The van der Waals surface area contributed by atoms with Crippen molar-refractivity contribution in [1.82, 2.24) is 10.2 Å². The first-order valence-corrected chi connectivity index (χ1v) is 10.9. The maximum Gasteiger partial charge on any atom is 0.233 e. The Morgan fingerprint density at radius 2 is 1.93 bits per heavy atom. The van der Waals surface area contributed by atoms with Crippen molar-refractivity contribution in [2.75, 3.05) is 5.75 Å². The van der Waals surface area contributed by atoms with E-state index in [2.05, 4.69) is 25.2 Å². The number of hydrogen-bond acceptors (Lipinski definition) is 4. The molecule has 0 aromatic heterocycles. The number of nitriles is 1. The fourth-order valence-electron chi connectivity index (χ4n) is 4.03. The summed E-state index contributed by atoms with van der Waals surface area (Å²) in [7, 11) is 0. The van der Waals surface area contributed by atoms with Crippen molar-refractivity contribution >= 4 is 35.2 Å². The lowest BCUT2D eigenvalue weighted by atomic mass is 9.87. The van der Waals surface area contributed by atoms with E-state index in [9.17, 15) is 14.9 Å². The Hall–Kier alpha value is -1.97. The van der Waals surface area contributed by atoms with Crippen molar-refractivity contribution < 1.29 is 9.59 Å². The zero-order valence-electron chi connectivity index (χ0n) is 16.1. The van der Waals surface area contributed by atoms with Crippen molar-refractivity contribution in [2.45, 2.75) is 57.5 Å². The van der Waals surface area contributed by atoms with E-state index in [1.54, 1.807) is 12.1 Å². The highest BCUT2D eigenvalue weighted by Crippen LogP contribution is 2.36.